The van der Waals surface area contributed by atoms with Gasteiger partial charge < -0.3 is 14.6 Å². The van der Waals surface area contributed by atoms with Gasteiger partial charge in [-0.2, -0.15) is 0 Å². The number of carbonyl (C=O) groups is 1. The summed E-state index contributed by atoms with van der Waals surface area (Å²) in [6, 6.07) is 3.69. The van der Waals surface area contributed by atoms with Gasteiger partial charge in [-0.3, -0.25) is 4.79 Å². The third kappa shape index (κ3) is 3.09. The SMILES string of the molecule is CSc1ccnc(N2CC[C@H](NC(=O)c3ccoc3C)C2)n1. The van der Waals surface area contributed by atoms with Crippen LogP contribution in [0.1, 0.15) is 22.5 Å². The molecule has 6 nitrogen and oxygen atoms in total. The molecule has 1 aliphatic heterocycles. The second-order valence-electron chi connectivity index (χ2n) is 5.19. The lowest BCUT2D eigenvalue weighted by Gasteiger charge is -2.17. The van der Waals surface area contributed by atoms with Gasteiger partial charge >= 0.3 is 0 Å². The Balaban J connectivity index is 1.62. The summed E-state index contributed by atoms with van der Waals surface area (Å²) in [5.74, 6) is 1.28. The number of nitrogens with zero attached hydrogens (tertiary/aromatic N) is 3. The highest BCUT2D eigenvalue weighted by atomic mass is 32.2. The van der Waals surface area contributed by atoms with Crippen LogP contribution in [-0.4, -0.2) is 41.3 Å². The first-order valence-corrected chi connectivity index (χ1v) is 8.37. The highest BCUT2D eigenvalue weighted by molar-refractivity contribution is 7.98. The minimum absolute atomic E-state index is 0.0862. The summed E-state index contributed by atoms with van der Waals surface area (Å²) >= 11 is 1.60. The molecule has 1 atom stereocenters. The van der Waals surface area contributed by atoms with Crippen LogP contribution in [0.25, 0.3) is 0 Å². The Kier molecular flexibility index (Phi) is 4.33. The number of hydrogen-bond donors (Lipinski definition) is 1. The lowest BCUT2D eigenvalue weighted by molar-refractivity contribution is 0.0939. The highest BCUT2D eigenvalue weighted by Crippen LogP contribution is 2.19. The molecule has 116 valence electrons. The van der Waals surface area contributed by atoms with Crippen molar-refractivity contribution in [3.05, 3.63) is 35.9 Å². The molecule has 0 bridgehead atoms. The molecular formula is C15H18N4O2S. The Bertz CT molecular complexity index is 673. The van der Waals surface area contributed by atoms with E-state index in [0.717, 1.165) is 30.5 Å². The third-order valence-electron chi connectivity index (χ3n) is 3.74. The van der Waals surface area contributed by atoms with Crippen molar-refractivity contribution in [3.8, 4) is 0 Å². The quantitative estimate of drug-likeness (QED) is 0.688. The first-order chi connectivity index (χ1) is 10.7. The first-order valence-electron chi connectivity index (χ1n) is 7.14. The summed E-state index contributed by atoms with van der Waals surface area (Å²) in [5, 5.41) is 4.00. The fourth-order valence-corrected chi connectivity index (χ4v) is 2.91. The zero-order valence-corrected chi connectivity index (χ0v) is 13.4. The Morgan fingerprint density at radius 1 is 1.50 bits per heavy atom. The van der Waals surface area contributed by atoms with Crippen molar-refractivity contribution in [2.45, 2.75) is 24.4 Å². The van der Waals surface area contributed by atoms with E-state index < -0.39 is 0 Å². The summed E-state index contributed by atoms with van der Waals surface area (Å²) in [5.41, 5.74) is 0.596. The maximum Gasteiger partial charge on any atom is 0.255 e. The van der Waals surface area contributed by atoms with Gasteiger partial charge in [0.1, 0.15) is 10.8 Å². The molecular weight excluding hydrogens is 300 g/mol. The Labute approximate surface area is 133 Å². The average Bonchev–Trinajstić information content (AvgIpc) is 3.16. The van der Waals surface area contributed by atoms with E-state index in [-0.39, 0.29) is 11.9 Å². The van der Waals surface area contributed by atoms with Crippen LogP contribution in [0.5, 0.6) is 0 Å². The minimum Gasteiger partial charge on any atom is -0.469 e. The maximum atomic E-state index is 12.2. The number of nitrogens with one attached hydrogen (secondary N) is 1. The van der Waals surface area contributed by atoms with Crippen molar-refractivity contribution >= 4 is 23.6 Å². The topological polar surface area (TPSA) is 71.3 Å². The number of carbonyl (C=O) groups excluding carboxylic acids is 1. The number of furan rings is 1. The van der Waals surface area contributed by atoms with Gasteiger partial charge in [0.2, 0.25) is 5.95 Å². The maximum absolute atomic E-state index is 12.2. The van der Waals surface area contributed by atoms with Crippen LogP contribution in [0.15, 0.2) is 34.0 Å². The molecule has 2 aromatic heterocycles. The number of amides is 1. The van der Waals surface area contributed by atoms with Crippen LogP contribution in [0.3, 0.4) is 0 Å². The number of aromatic nitrogens is 2. The molecule has 0 saturated carbocycles. The molecule has 1 fully saturated rings. The van der Waals surface area contributed by atoms with Crippen molar-refractivity contribution in [2.75, 3.05) is 24.2 Å². The second-order valence-corrected chi connectivity index (χ2v) is 6.02. The summed E-state index contributed by atoms with van der Waals surface area (Å²) in [4.78, 5) is 23.1. The van der Waals surface area contributed by atoms with Crippen LogP contribution in [0.4, 0.5) is 5.95 Å². The molecule has 0 spiro atoms. The van der Waals surface area contributed by atoms with Crippen LogP contribution in [0.2, 0.25) is 0 Å². The Morgan fingerprint density at radius 3 is 3.09 bits per heavy atom. The van der Waals surface area contributed by atoms with Gasteiger partial charge in [-0.1, -0.05) is 0 Å². The molecule has 3 heterocycles. The number of thioether (sulfide) groups is 1. The van der Waals surface area contributed by atoms with E-state index in [2.05, 4.69) is 20.2 Å². The monoisotopic (exact) mass is 318 g/mol. The van der Waals surface area contributed by atoms with E-state index in [9.17, 15) is 4.79 Å². The molecule has 0 unspecified atom stereocenters. The van der Waals surface area contributed by atoms with E-state index in [0.29, 0.717) is 11.3 Å². The van der Waals surface area contributed by atoms with Crippen molar-refractivity contribution in [3.63, 3.8) is 0 Å². The average molecular weight is 318 g/mol. The second kappa shape index (κ2) is 6.39. The zero-order chi connectivity index (χ0) is 15.5. The molecule has 1 saturated heterocycles. The summed E-state index contributed by atoms with van der Waals surface area (Å²) in [6.07, 6.45) is 6.18. The smallest absolute Gasteiger partial charge is 0.255 e. The largest absolute Gasteiger partial charge is 0.469 e. The molecule has 2 aromatic rings. The Morgan fingerprint density at radius 2 is 2.36 bits per heavy atom. The molecule has 0 aliphatic carbocycles. The third-order valence-corrected chi connectivity index (χ3v) is 4.38. The fourth-order valence-electron chi connectivity index (χ4n) is 2.54. The van der Waals surface area contributed by atoms with E-state index in [1.54, 1.807) is 30.9 Å². The van der Waals surface area contributed by atoms with Gasteiger partial charge in [-0.15, -0.1) is 11.8 Å². The number of aryl methyl sites for hydroxylation is 1. The van der Waals surface area contributed by atoms with Crippen LogP contribution in [0, 0.1) is 6.92 Å². The van der Waals surface area contributed by atoms with Gasteiger partial charge in [0, 0.05) is 25.3 Å². The fraction of sp³-hybridized carbons (Fsp3) is 0.400. The van der Waals surface area contributed by atoms with Crippen molar-refractivity contribution in [1.82, 2.24) is 15.3 Å². The van der Waals surface area contributed by atoms with Crippen molar-refractivity contribution in [2.24, 2.45) is 0 Å². The van der Waals surface area contributed by atoms with Gasteiger partial charge in [0.25, 0.3) is 5.91 Å². The van der Waals surface area contributed by atoms with Crippen LogP contribution >= 0.6 is 11.8 Å². The van der Waals surface area contributed by atoms with Crippen LogP contribution in [-0.2, 0) is 0 Å². The minimum atomic E-state index is -0.0862. The van der Waals surface area contributed by atoms with Crippen LogP contribution < -0.4 is 10.2 Å². The van der Waals surface area contributed by atoms with E-state index in [1.807, 2.05) is 12.3 Å². The molecule has 1 aliphatic rings. The summed E-state index contributed by atoms with van der Waals surface area (Å²) in [6.45, 7) is 3.35. The van der Waals surface area contributed by atoms with E-state index in [4.69, 9.17) is 4.42 Å². The number of anilines is 1. The van der Waals surface area contributed by atoms with Crippen molar-refractivity contribution < 1.29 is 9.21 Å². The van der Waals surface area contributed by atoms with E-state index in [1.165, 1.54) is 6.26 Å². The zero-order valence-electron chi connectivity index (χ0n) is 12.6. The summed E-state index contributed by atoms with van der Waals surface area (Å²) in [7, 11) is 0. The molecule has 22 heavy (non-hydrogen) atoms. The highest BCUT2D eigenvalue weighted by Gasteiger charge is 2.26. The molecule has 1 N–H and O–H groups in total. The standard InChI is InChI=1S/C15H18N4O2S/c1-10-12(5-8-21-10)14(20)17-11-4-7-19(9-11)15-16-6-3-13(18-15)22-2/h3,5-6,8,11H,4,7,9H2,1-2H3,(H,17,20)/t11-/m0/s1. The lowest BCUT2D eigenvalue weighted by atomic mass is 10.2. The number of hydrogen-bond acceptors (Lipinski definition) is 6. The van der Waals surface area contributed by atoms with E-state index >= 15 is 0 Å². The normalized spacial score (nSPS) is 17.7. The Hall–Kier alpha value is -2.02. The van der Waals surface area contributed by atoms with Gasteiger partial charge in [0.05, 0.1) is 11.8 Å². The molecule has 7 heteroatoms. The first kappa shape index (κ1) is 14.9. The molecule has 1 amide bonds. The van der Waals surface area contributed by atoms with Gasteiger partial charge in [-0.05, 0) is 31.7 Å². The summed E-state index contributed by atoms with van der Waals surface area (Å²) < 4.78 is 5.17. The predicted octanol–water partition coefficient (Wildman–Crippen LogP) is 2.11. The molecule has 0 radical (unpaired) electrons. The molecule has 0 aromatic carbocycles. The van der Waals surface area contributed by atoms with Crippen molar-refractivity contribution in [1.29, 1.82) is 0 Å². The lowest BCUT2D eigenvalue weighted by Crippen LogP contribution is -2.37. The van der Waals surface area contributed by atoms with Gasteiger partial charge in [0.15, 0.2) is 0 Å². The van der Waals surface area contributed by atoms with Gasteiger partial charge in [-0.25, -0.2) is 9.97 Å². The predicted molar refractivity (Wildman–Crippen MR) is 85.3 cm³/mol. The molecule has 3 rings (SSSR count). The number of rotatable bonds is 4.